The van der Waals surface area contributed by atoms with Crippen molar-refractivity contribution in [3.63, 3.8) is 0 Å². The van der Waals surface area contributed by atoms with Crippen LogP contribution in [0.4, 0.5) is 4.79 Å². The lowest BCUT2D eigenvalue weighted by molar-refractivity contribution is 0.195. The van der Waals surface area contributed by atoms with Gasteiger partial charge in [0, 0.05) is 6.54 Å². The summed E-state index contributed by atoms with van der Waals surface area (Å²) in [5, 5.41) is 18.6. The molecule has 7 nitrogen and oxygen atoms in total. The Morgan fingerprint density at radius 2 is 1.88 bits per heavy atom. The fraction of sp³-hybridized carbons (Fsp3) is 0.556. The minimum atomic E-state index is -0.532. The molecular weight excluding hydrogens is 316 g/mol. The fourth-order valence-electron chi connectivity index (χ4n) is 3.76. The normalized spacial score (nSPS) is 16.4. The standard InChI is InChI=1S/C18H26N6O/c1-4-19-17(25)20-18(11-6-5-7-12-18)16-21-22-23-24(16)15-13(2)9-8-10-14(15)3/h8-10H,4-7,11-12H2,1-3H3,(H2,19,20,25). The molecule has 2 amide bonds. The van der Waals surface area contributed by atoms with E-state index in [4.69, 9.17) is 0 Å². The van der Waals surface area contributed by atoms with Crippen LogP contribution >= 0.6 is 0 Å². The average Bonchev–Trinajstić information content (AvgIpc) is 3.06. The van der Waals surface area contributed by atoms with Crippen LogP contribution in [0.5, 0.6) is 0 Å². The molecule has 0 radical (unpaired) electrons. The number of aryl methyl sites for hydroxylation is 2. The topological polar surface area (TPSA) is 84.7 Å². The summed E-state index contributed by atoms with van der Waals surface area (Å²) in [5.74, 6) is 0.718. The quantitative estimate of drug-likeness (QED) is 0.895. The van der Waals surface area contributed by atoms with Gasteiger partial charge in [-0.15, -0.1) is 5.10 Å². The van der Waals surface area contributed by atoms with Crippen molar-refractivity contribution in [2.45, 2.75) is 58.4 Å². The van der Waals surface area contributed by atoms with Crippen molar-refractivity contribution in [3.8, 4) is 5.69 Å². The predicted molar refractivity (Wildman–Crippen MR) is 95.6 cm³/mol. The smallest absolute Gasteiger partial charge is 0.315 e. The van der Waals surface area contributed by atoms with E-state index in [1.165, 1.54) is 6.42 Å². The SMILES string of the molecule is CCNC(=O)NC1(c2nnnn2-c2c(C)cccc2C)CCCCC1. The van der Waals surface area contributed by atoms with E-state index in [0.29, 0.717) is 6.54 Å². The number of amides is 2. The second kappa shape index (κ2) is 7.21. The van der Waals surface area contributed by atoms with E-state index in [-0.39, 0.29) is 6.03 Å². The minimum Gasteiger partial charge on any atom is -0.338 e. The molecule has 0 unspecified atom stereocenters. The molecule has 1 heterocycles. The highest BCUT2D eigenvalue weighted by molar-refractivity contribution is 5.75. The van der Waals surface area contributed by atoms with Crippen LogP contribution in [-0.4, -0.2) is 32.8 Å². The molecule has 2 aromatic rings. The highest BCUT2D eigenvalue weighted by atomic mass is 16.2. The molecule has 3 rings (SSSR count). The number of carbonyl (C=O) groups excluding carboxylic acids is 1. The number of nitrogens with zero attached hydrogens (tertiary/aromatic N) is 4. The molecule has 1 aromatic carbocycles. The number of carbonyl (C=O) groups is 1. The second-order valence-electron chi connectivity index (χ2n) is 6.78. The molecule has 1 aliphatic rings. The zero-order chi connectivity index (χ0) is 17.9. The van der Waals surface area contributed by atoms with E-state index >= 15 is 0 Å². The van der Waals surface area contributed by atoms with Crippen LogP contribution in [-0.2, 0) is 5.54 Å². The first-order valence-electron chi connectivity index (χ1n) is 8.99. The lowest BCUT2D eigenvalue weighted by atomic mass is 9.81. The molecule has 1 fully saturated rings. The maximum atomic E-state index is 12.3. The summed E-state index contributed by atoms with van der Waals surface area (Å²) in [6, 6.07) is 5.97. The van der Waals surface area contributed by atoms with Gasteiger partial charge in [-0.25, -0.2) is 4.79 Å². The zero-order valence-electron chi connectivity index (χ0n) is 15.2. The van der Waals surface area contributed by atoms with E-state index in [1.807, 2.05) is 17.7 Å². The van der Waals surface area contributed by atoms with Crippen LogP contribution in [0.3, 0.4) is 0 Å². The first-order valence-corrected chi connectivity index (χ1v) is 8.99. The molecule has 7 heteroatoms. The number of hydrogen-bond acceptors (Lipinski definition) is 4. The molecule has 2 N–H and O–H groups in total. The van der Waals surface area contributed by atoms with E-state index in [1.54, 1.807) is 0 Å². The van der Waals surface area contributed by atoms with E-state index < -0.39 is 5.54 Å². The van der Waals surface area contributed by atoms with Gasteiger partial charge >= 0.3 is 6.03 Å². The van der Waals surface area contributed by atoms with Crippen molar-refractivity contribution in [2.24, 2.45) is 0 Å². The minimum absolute atomic E-state index is 0.166. The van der Waals surface area contributed by atoms with Crippen molar-refractivity contribution < 1.29 is 4.79 Å². The van der Waals surface area contributed by atoms with E-state index in [2.05, 4.69) is 52.1 Å². The molecular formula is C18H26N6O. The maximum Gasteiger partial charge on any atom is 0.315 e. The molecule has 0 spiro atoms. The van der Waals surface area contributed by atoms with Gasteiger partial charge in [0.05, 0.1) is 5.69 Å². The summed E-state index contributed by atoms with van der Waals surface area (Å²) in [6.07, 6.45) is 4.95. The third-order valence-electron chi connectivity index (χ3n) is 4.95. The molecule has 0 aliphatic heterocycles. The van der Waals surface area contributed by atoms with Crippen LogP contribution in [0, 0.1) is 13.8 Å². The Bertz CT molecular complexity index is 728. The third-order valence-corrected chi connectivity index (χ3v) is 4.95. The summed E-state index contributed by atoms with van der Waals surface area (Å²) in [4.78, 5) is 12.3. The number of aromatic nitrogens is 4. The fourth-order valence-corrected chi connectivity index (χ4v) is 3.76. The highest BCUT2D eigenvalue weighted by Crippen LogP contribution is 2.37. The number of nitrogens with one attached hydrogen (secondary N) is 2. The van der Waals surface area contributed by atoms with Crippen molar-refractivity contribution in [1.82, 2.24) is 30.8 Å². The van der Waals surface area contributed by atoms with Crippen LogP contribution in [0.2, 0.25) is 0 Å². The van der Waals surface area contributed by atoms with Gasteiger partial charge in [-0.2, -0.15) is 4.68 Å². The van der Waals surface area contributed by atoms with Crippen molar-refractivity contribution >= 4 is 6.03 Å². The van der Waals surface area contributed by atoms with Crippen molar-refractivity contribution in [3.05, 3.63) is 35.2 Å². The van der Waals surface area contributed by atoms with Gasteiger partial charge in [0.1, 0.15) is 5.54 Å². The number of rotatable bonds is 4. The van der Waals surface area contributed by atoms with Gasteiger partial charge in [-0.3, -0.25) is 0 Å². The van der Waals surface area contributed by atoms with Crippen LogP contribution in [0.15, 0.2) is 18.2 Å². The Balaban J connectivity index is 2.06. The summed E-state index contributed by atoms with van der Waals surface area (Å²) in [5.41, 5.74) is 2.68. The Kier molecular flexibility index (Phi) is 5.01. The van der Waals surface area contributed by atoms with Crippen molar-refractivity contribution in [2.75, 3.05) is 6.54 Å². The van der Waals surface area contributed by atoms with Gasteiger partial charge in [0.15, 0.2) is 5.82 Å². The maximum absolute atomic E-state index is 12.3. The molecule has 0 atom stereocenters. The molecule has 1 saturated carbocycles. The van der Waals surface area contributed by atoms with Crippen molar-refractivity contribution in [1.29, 1.82) is 0 Å². The molecule has 0 bridgehead atoms. The van der Waals surface area contributed by atoms with Gasteiger partial charge in [0.25, 0.3) is 0 Å². The Morgan fingerprint density at radius 1 is 1.20 bits per heavy atom. The zero-order valence-corrected chi connectivity index (χ0v) is 15.2. The third kappa shape index (κ3) is 3.36. The number of benzene rings is 1. The molecule has 1 aliphatic carbocycles. The molecule has 25 heavy (non-hydrogen) atoms. The number of hydrogen-bond donors (Lipinski definition) is 2. The summed E-state index contributed by atoms with van der Waals surface area (Å²) in [6.45, 7) is 6.61. The summed E-state index contributed by atoms with van der Waals surface area (Å²) in [7, 11) is 0. The number of urea groups is 1. The first kappa shape index (κ1) is 17.4. The highest BCUT2D eigenvalue weighted by Gasteiger charge is 2.40. The molecule has 1 aromatic heterocycles. The Labute approximate surface area is 148 Å². The van der Waals surface area contributed by atoms with Gasteiger partial charge in [-0.05, 0) is 55.2 Å². The average molecular weight is 342 g/mol. The lowest BCUT2D eigenvalue weighted by Crippen LogP contribution is -2.52. The molecule has 134 valence electrons. The van der Waals surface area contributed by atoms with E-state index in [0.717, 1.165) is 48.3 Å². The monoisotopic (exact) mass is 342 g/mol. The lowest BCUT2D eigenvalue weighted by Gasteiger charge is -2.36. The van der Waals surface area contributed by atoms with Gasteiger partial charge in [0.2, 0.25) is 0 Å². The number of tetrazole rings is 1. The largest absolute Gasteiger partial charge is 0.338 e. The summed E-state index contributed by atoms with van der Waals surface area (Å²) < 4.78 is 1.81. The Morgan fingerprint density at radius 3 is 2.52 bits per heavy atom. The van der Waals surface area contributed by atoms with E-state index in [9.17, 15) is 4.79 Å². The first-order chi connectivity index (χ1) is 12.1. The second-order valence-corrected chi connectivity index (χ2v) is 6.78. The molecule has 0 saturated heterocycles. The van der Waals surface area contributed by atoms with Crippen LogP contribution in [0.1, 0.15) is 56.0 Å². The van der Waals surface area contributed by atoms with Crippen LogP contribution < -0.4 is 10.6 Å². The Hall–Kier alpha value is -2.44. The van der Waals surface area contributed by atoms with Gasteiger partial charge < -0.3 is 10.6 Å². The number of para-hydroxylation sites is 1. The summed E-state index contributed by atoms with van der Waals surface area (Å²) >= 11 is 0. The predicted octanol–water partition coefficient (Wildman–Crippen LogP) is 2.76. The van der Waals surface area contributed by atoms with Gasteiger partial charge in [-0.1, -0.05) is 37.5 Å². The van der Waals surface area contributed by atoms with Crippen LogP contribution in [0.25, 0.3) is 5.69 Å².